The van der Waals surface area contributed by atoms with E-state index in [4.69, 9.17) is 9.47 Å². The van der Waals surface area contributed by atoms with Crippen molar-refractivity contribution in [1.29, 1.82) is 0 Å². The summed E-state index contributed by atoms with van der Waals surface area (Å²) in [6, 6.07) is 22.8. The number of hydrogen-bond acceptors (Lipinski definition) is 5. The summed E-state index contributed by atoms with van der Waals surface area (Å²) in [5, 5.41) is 16.7. The predicted molar refractivity (Wildman–Crippen MR) is 168 cm³/mol. The molecule has 0 heterocycles. The van der Waals surface area contributed by atoms with E-state index in [1.54, 1.807) is 20.8 Å². The van der Waals surface area contributed by atoms with Gasteiger partial charge in [-0.2, -0.15) is 0 Å². The maximum atomic E-state index is 12.7. The van der Waals surface area contributed by atoms with E-state index in [0.717, 1.165) is 33.1 Å². The number of benzene rings is 3. The lowest BCUT2D eigenvalue weighted by Crippen LogP contribution is -2.48. The number of carbonyl (C=O) groups excluding carboxylic acids is 2. The van der Waals surface area contributed by atoms with Gasteiger partial charge in [-0.3, -0.25) is 4.79 Å². The van der Waals surface area contributed by atoms with Crippen molar-refractivity contribution in [2.24, 2.45) is 5.41 Å². The van der Waals surface area contributed by atoms with Gasteiger partial charge in [-0.25, -0.2) is 9.59 Å². The van der Waals surface area contributed by atoms with Crippen LogP contribution >= 0.6 is 9.24 Å². The Balaban J connectivity index is 1.74. The smallest absolute Gasteiger partial charge is 0.407 e. The van der Waals surface area contributed by atoms with Crippen LogP contribution in [0.1, 0.15) is 50.8 Å². The van der Waals surface area contributed by atoms with Crippen LogP contribution < -0.4 is 15.9 Å². The SMILES string of the molecule is Cc1ccc(P)c(-c2ccc(C[C@H](C[C@@](C)(CNC(=O)OCc3ccccc3)C(=O)O)NC(=O)OC(C)(C)C)cc2)c1. The molecular formula is C33H41N2O6P. The first-order valence-electron chi connectivity index (χ1n) is 13.9. The number of aryl methyl sites for hydroxylation is 1. The number of nitrogens with one attached hydrogen (secondary N) is 2. The molecule has 0 bridgehead atoms. The summed E-state index contributed by atoms with van der Waals surface area (Å²) < 4.78 is 10.7. The lowest BCUT2D eigenvalue weighted by molar-refractivity contribution is -0.148. The van der Waals surface area contributed by atoms with Crippen LogP contribution in [0.2, 0.25) is 0 Å². The van der Waals surface area contributed by atoms with Crippen LogP contribution in [0.15, 0.2) is 72.8 Å². The van der Waals surface area contributed by atoms with Gasteiger partial charge in [-0.1, -0.05) is 78.4 Å². The van der Waals surface area contributed by atoms with Gasteiger partial charge in [-0.05, 0) is 75.0 Å². The number of rotatable bonds is 11. The summed E-state index contributed by atoms with van der Waals surface area (Å²) in [4.78, 5) is 37.5. The van der Waals surface area contributed by atoms with Crippen molar-refractivity contribution in [2.75, 3.05) is 6.54 Å². The van der Waals surface area contributed by atoms with Crippen molar-refractivity contribution in [1.82, 2.24) is 10.6 Å². The number of ether oxygens (including phenoxy) is 2. The second-order valence-corrected chi connectivity index (χ2v) is 12.4. The van der Waals surface area contributed by atoms with Gasteiger partial charge in [0, 0.05) is 12.6 Å². The van der Waals surface area contributed by atoms with E-state index in [-0.39, 0.29) is 19.6 Å². The zero-order valence-corrected chi connectivity index (χ0v) is 26.1. The summed E-state index contributed by atoms with van der Waals surface area (Å²) in [7, 11) is 2.76. The zero-order chi connectivity index (χ0) is 30.9. The number of aliphatic carboxylic acids is 1. The fourth-order valence-electron chi connectivity index (χ4n) is 4.49. The molecule has 3 N–H and O–H groups in total. The van der Waals surface area contributed by atoms with Crippen LogP contribution in [0.5, 0.6) is 0 Å². The van der Waals surface area contributed by atoms with Crippen molar-refractivity contribution in [3.05, 3.63) is 89.5 Å². The first-order valence-corrected chi connectivity index (χ1v) is 14.4. The van der Waals surface area contributed by atoms with E-state index >= 15 is 0 Å². The Morgan fingerprint density at radius 3 is 2.19 bits per heavy atom. The van der Waals surface area contributed by atoms with Crippen LogP contribution in [0, 0.1) is 12.3 Å². The third-order valence-electron chi connectivity index (χ3n) is 6.73. The summed E-state index contributed by atoms with van der Waals surface area (Å²) in [6.07, 6.45) is -0.958. The highest BCUT2D eigenvalue weighted by atomic mass is 31.0. The number of carboxylic acids is 1. The number of amides is 2. The fraction of sp³-hybridized carbons (Fsp3) is 0.364. The molecule has 0 aliphatic carbocycles. The van der Waals surface area contributed by atoms with Gasteiger partial charge in [0.05, 0.1) is 5.41 Å². The van der Waals surface area contributed by atoms with Crippen molar-refractivity contribution in [3.63, 3.8) is 0 Å². The van der Waals surface area contributed by atoms with E-state index in [1.165, 1.54) is 6.92 Å². The highest BCUT2D eigenvalue weighted by molar-refractivity contribution is 7.28. The van der Waals surface area contributed by atoms with Crippen LogP contribution in [0.4, 0.5) is 9.59 Å². The molecule has 8 nitrogen and oxygen atoms in total. The molecule has 0 aliphatic rings. The van der Waals surface area contributed by atoms with Crippen molar-refractivity contribution < 1.29 is 29.0 Å². The molecule has 3 atom stereocenters. The Morgan fingerprint density at radius 2 is 1.57 bits per heavy atom. The van der Waals surface area contributed by atoms with Gasteiger partial charge in [0.25, 0.3) is 0 Å². The Morgan fingerprint density at radius 1 is 0.905 bits per heavy atom. The average molecular weight is 593 g/mol. The number of alkyl carbamates (subject to hydrolysis) is 2. The summed E-state index contributed by atoms with van der Waals surface area (Å²) in [6.45, 7) is 8.75. The minimum absolute atomic E-state index is 0.0376. The van der Waals surface area contributed by atoms with E-state index < -0.39 is 35.2 Å². The molecule has 9 heteroatoms. The molecule has 2 amide bonds. The zero-order valence-electron chi connectivity index (χ0n) is 24.9. The van der Waals surface area contributed by atoms with Crippen LogP contribution in [-0.4, -0.2) is 41.4 Å². The minimum Gasteiger partial charge on any atom is -0.481 e. The van der Waals surface area contributed by atoms with Gasteiger partial charge < -0.3 is 25.2 Å². The Hall–Kier alpha value is -3.90. The molecule has 3 rings (SSSR count). The molecule has 0 aromatic heterocycles. The number of hydrogen-bond donors (Lipinski definition) is 3. The van der Waals surface area contributed by atoms with Gasteiger partial charge in [-0.15, -0.1) is 9.24 Å². The van der Waals surface area contributed by atoms with Gasteiger partial charge in [0.2, 0.25) is 0 Å². The standard InChI is InChI=1S/C33H41N2O6P/c1-22-11-16-28(42)27(17-22)25-14-12-23(13-15-25)18-26(35-31(39)41-32(2,3)4)19-33(5,29(36)37)21-34-30(38)40-20-24-9-7-6-8-10-24/h6-17,26H,18-21,42H2,1-5H3,(H,34,38)(H,35,39)(H,36,37)/t26-,33+/m1/s1. The molecule has 3 aromatic carbocycles. The number of carboxylic acid groups (broad SMARTS) is 1. The normalized spacial score (nSPS) is 13.4. The minimum atomic E-state index is -1.40. The van der Waals surface area contributed by atoms with Crippen LogP contribution in [-0.2, 0) is 27.3 Å². The largest absolute Gasteiger partial charge is 0.481 e. The molecule has 0 saturated carbocycles. The molecule has 0 saturated heterocycles. The van der Waals surface area contributed by atoms with E-state index in [0.29, 0.717) is 6.42 Å². The van der Waals surface area contributed by atoms with Gasteiger partial charge in [0.15, 0.2) is 0 Å². The summed E-state index contributed by atoms with van der Waals surface area (Å²) >= 11 is 0. The average Bonchev–Trinajstić information content (AvgIpc) is 2.92. The molecular weight excluding hydrogens is 551 g/mol. The number of carbonyl (C=O) groups is 3. The van der Waals surface area contributed by atoms with Crippen LogP contribution in [0.3, 0.4) is 0 Å². The topological polar surface area (TPSA) is 114 Å². The maximum Gasteiger partial charge on any atom is 0.407 e. The van der Waals surface area contributed by atoms with Gasteiger partial charge in [0.1, 0.15) is 12.2 Å². The third-order valence-corrected chi connectivity index (χ3v) is 7.23. The fourth-order valence-corrected chi connectivity index (χ4v) is 4.84. The second-order valence-electron chi connectivity index (χ2n) is 11.8. The quantitative estimate of drug-likeness (QED) is 0.235. The monoisotopic (exact) mass is 592 g/mol. The highest BCUT2D eigenvalue weighted by Gasteiger charge is 2.37. The predicted octanol–water partition coefficient (Wildman–Crippen LogP) is 6.01. The second kappa shape index (κ2) is 14.3. The summed E-state index contributed by atoms with van der Waals surface area (Å²) in [5.41, 5.74) is 2.93. The summed E-state index contributed by atoms with van der Waals surface area (Å²) in [5.74, 6) is -1.11. The Bertz CT molecular complexity index is 1370. The lowest BCUT2D eigenvalue weighted by atomic mass is 9.81. The molecule has 0 aliphatic heterocycles. The highest BCUT2D eigenvalue weighted by Crippen LogP contribution is 2.27. The molecule has 0 spiro atoms. The van der Waals surface area contributed by atoms with Gasteiger partial charge >= 0.3 is 18.2 Å². The molecule has 3 aromatic rings. The van der Waals surface area contributed by atoms with Crippen molar-refractivity contribution in [3.8, 4) is 11.1 Å². The van der Waals surface area contributed by atoms with E-state index in [1.807, 2.05) is 61.5 Å². The van der Waals surface area contributed by atoms with Crippen molar-refractivity contribution in [2.45, 2.75) is 65.7 Å². The molecule has 0 fully saturated rings. The van der Waals surface area contributed by atoms with Crippen LogP contribution in [0.25, 0.3) is 11.1 Å². The first-order chi connectivity index (χ1) is 19.7. The Kier molecular flexibility index (Phi) is 11.1. The molecule has 224 valence electrons. The maximum absolute atomic E-state index is 12.7. The van der Waals surface area contributed by atoms with E-state index in [2.05, 4.69) is 38.1 Å². The molecule has 0 radical (unpaired) electrons. The first kappa shape index (κ1) is 32.6. The third kappa shape index (κ3) is 10.2. The lowest BCUT2D eigenvalue weighted by Gasteiger charge is -2.31. The van der Waals surface area contributed by atoms with Crippen molar-refractivity contribution >= 4 is 32.7 Å². The Labute approximate surface area is 250 Å². The van der Waals surface area contributed by atoms with E-state index in [9.17, 15) is 19.5 Å². The molecule has 1 unspecified atom stereocenters. The molecule has 42 heavy (non-hydrogen) atoms.